The lowest BCUT2D eigenvalue weighted by atomic mass is 10.3. The van der Waals surface area contributed by atoms with Crippen LogP contribution in [0, 0.1) is 11.3 Å². The maximum Gasteiger partial charge on any atom is 0.118 e. The molecule has 1 aromatic carbocycles. The number of benzene rings is 1. The van der Waals surface area contributed by atoms with E-state index in [2.05, 4.69) is 6.07 Å². The number of nitrogens with zero attached hydrogens (tertiary/aromatic N) is 1. The molecular formula is C10H11NOS. The lowest BCUT2D eigenvalue weighted by Crippen LogP contribution is -1.89. The van der Waals surface area contributed by atoms with Crippen molar-refractivity contribution < 1.29 is 4.74 Å². The molecule has 1 unspecified atom stereocenters. The Morgan fingerprint density at radius 3 is 2.46 bits per heavy atom. The van der Waals surface area contributed by atoms with E-state index in [-0.39, 0.29) is 5.25 Å². The van der Waals surface area contributed by atoms with Crippen molar-refractivity contribution in [2.24, 2.45) is 0 Å². The van der Waals surface area contributed by atoms with E-state index in [9.17, 15) is 0 Å². The fraction of sp³-hybridized carbons (Fsp3) is 0.300. The highest BCUT2D eigenvalue weighted by Crippen LogP contribution is 2.24. The largest absolute Gasteiger partial charge is 0.497 e. The quantitative estimate of drug-likeness (QED) is 0.692. The van der Waals surface area contributed by atoms with Gasteiger partial charge in [-0.3, -0.25) is 0 Å². The Bertz CT molecular complexity index is 302. The fourth-order valence-electron chi connectivity index (χ4n) is 0.885. The summed E-state index contributed by atoms with van der Waals surface area (Å²) in [6.45, 7) is 1.88. The van der Waals surface area contributed by atoms with Gasteiger partial charge in [-0.1, -0.05) is 0 Å². The lowest BCUT2D eigenvalue weighted by Gasteiger charge is -2.03. The fourth-order valence-corrected chi connectivity index (χ4v) is 1.64. The molecule has 0 saturated carbocycles. The second kappa shape index (κ2) is 4.78. The summed E-state index contributed by atoms with van der Waals surface area (Å²) in [5, 5.41) is 8.60. The summed E-state index contributed by atoms with van der Waals surface area (Å²) in [6.07, 6.45) is 0. The molecule has 0 heterocycles. The molecule has 0 aromatic heterocycles. The molecule has 0 fully saturated rings. The van der Waals surface area contributed by atoms with Crippen molar-refractivity contribution in [1.29, 1.82) is 5.26 Å². The standard InChI is InChI=1S/C10H11NOS/c1-8(7-11)13-10-5-3-9(12-2)4-6-10/h3-6,8H,1-2H3. The van der Waals surface area contributed by atoms with Crippen LogP contribution in [0.5, 0.6) is 5.75 Å². The Kier molecular flexibility index (Phi) is 3.66. The summed E-state index contributed by atoms with van der Waals surface area (Å²) in [5.41, 5.74) is 0. The van der Waals surface area contributed by atoms with Crippen LogP contribution in [0.1, 0.15) is 6.92 Å². The predicted molar refractivity (Wildman–Crippen MR) is 53.9 cm³/mol. The van der Waals surface area contributed by atoms with E-state index in [4.69, 9.17) is 10.00 Å². The average Bonchev–Trinajstić information content (AvgIpc) is 2.19. The number of hydrogen-bond donors (Lipinski definition) is 0. The summed E-state index contributed by atoms with van der Waals surface area (Å²) < 4.78 is 5.03. The molecule has 0 aliphatic heterocycles. The number of hydrogen-bond acceptors (Lipinski definition) is 3. The molecule has 2 nitrogen and oxygen atoms in total. The molecule has 1 aromatic rings. The molecule has 0 radical (unpaired) electrons. The zero-order valence-corrected chi connectivity index (χ0v) is 8.47. The van der Waals surface area contributed by atoms with Gasteiger partial charge in [0.25, 0.3) is 0 Å². The smallest absolute Gasteiger partial charge is 0.118 e. The molecule has 0 bridgehead atoms. The van der Waals surface area contributed by atoms with Gasteiger partial charge in [0.1, 0.15) is 5.75 Å². The lowest BCUT2D eigenvalue weighted by molar-refractivity contribution is 0.414. The summed E-state index contributed by atoms with van der Waals surface area (Å²) >= 11 is 1.55. The van der Waals surface area contributed by atoms with Gasteiger partial charge >= 0.3 is 0 Å². The highest BCUT2D eigenvalue weighted by molar-refractivity contribution is 8.00. The van der Waals surface area contributed by atoms with Crippen LogP contribution in [-0.2, 0) is 0 Å². The van der Waals surface area contributed by atoms with Crippen molar-refractivity contribution in [3.8, 4) is 11.8 Å². The van der Waals surface area contributed by atoms with E-state index < -0.39 is 0 Å². The molecule has 3 heteroatoms. The van der Waals surface area contributed by atoms with E-state index in [0.717, 1.165) is 10.6 Å². The van der Waals surface area contributed by atoms with Gasteiger partial charge in [-0.05, 0) is 31.2 Å². The maximum atomic E-state index is 8.60. The minimum absolute atomic E-state index is 0.00612. The van der Waals surface area contributed by atoms with Gasteiger partial charge in [0.15, 0.2) is 0 Å². The van der Waals surface area contributed by atoms with Crippen molar-refractivity contribution in [3.63, 3.8) is 0 Å². The first-order valence-electron chi connectivity index (χ1n) is 3.96. The van der Waals surface area contributed by atoms with E-state index >= 15 is 0 Å². The Morgan fingerprint density at radius 2 is 2.00 bits per heavy atom. The van der Waals surface area contributed by atoms with Crippen LogP contribution in [0.15, 0.2) is 29.2 Å². The highest BCUT2D eigenvalue weighted by Gasteiger charge is 2.01. The van der Waals surface area contributed by atoms with Crippen molar-refractivity contribution >= 4 is 11.8 Å². The van der Waals surface area contributed by atoms with Crippen LogP contribution >= 0.6 is 11.8 Å². The Hall–Kier alpha value is -1.14. The van der Waals surface area contributed by atoms with Gasteiger partial charge in [-0.25, -0.2) is 0 Å². The summed E-state index contributed by atoms with van der Waals surface area (Å²) in [4.78, 5) is 1.09. The average molecular weight is 193 g/mol. The van der Waals surface area contributed by atoms with Gasteiger partial charge in [-0.2, -0.15) is 5.26 Å². The third-order valence-electron chi connectivity index (χ3n) is 1.55. The molecule has 0 aliphatic carbocycles. The van der Waals surface area contributed by atoms with Crippen molar-refractivity contribution in [2.75, 3.05) is 7.11 Å². The molecule has 13 heavy (non-hydrogen) atoms. The normalized spacial score (nSPS) is 11.8. The Labute approximate surface area is 82.5 Å². The summed E-state index contributed by atoms with van der Waals surface area (Å²) in [6, 6.07) is 9.88. The van der Waals surface area contributed by atoms with Gasteiger partial charge in [0, 0.05) is 4.90 Å². The van der Waals surface area contributed by atoms with E-state index in [1.807, 2.05) is 31.2 Å². The summed E-state index contributed by atoms with van der Waals surface area (Å²) in [7, 11) is 1.64. The van der Waals surface area contributed by atoms with E-state index in [0.29, 0.717) is 0 Å². The van der Waals surface area contributed by atoms with Crippen molar-refractivity contribution in [1.82, 2.24) is 0 Å². The third kappa shape index (κ3) is 3.00. The van der Waals surface area contributed by atoms with Crippen LogP contribution in [0.25, 0.3) is 0 Å². The number of thioether (sulfide) groups is 1. The van der Waals surface area contributed by atoms with Crippen LogP contribution in [-0.4, -0.2) is 12.4 Å². The third-order valence-corrected chi connectivity index (χ3v) is 2.56. The van der Waals surface area contributed by atoms with Crippen LogP contribution in [0.4, 0.5) is 0 Å². The first-order valence-corrected chi connectivity index (χ1v) is 4.84. The van der Waals surface area contributed by atoms with Crippen LogP contribution in [0.2, 0.25) is 0 Å². The number of methoxy groups -OCH3 is 1. The van der Waals surface area contributed by atoms with Gasteiger partial charge in [0.2, 0.25) is 0 Å². The predicted octanol–water partition coefficient (Wildman–Crippen LogP) is 2.70. The SMILES string of the molecule is COc1ccc(SC(C)C#N)cc1. The van der Waals surface area contributed by atoms with E-state index in [1.165, 1.54) is 0 Å². The van der Waals surface area contributed by atoms with Gasteiger partial charge in [0.05, 0.1) is 18.4 Å². The molecule has 0 N–H and O–H groups in total. The van der Waals surface area contributed by atoms with Gasteiger partial charge < -0.3 is 4.74 Å². The zero-order valence-electron chi connectivity index (χ0n) is 7.65. The van der Waals surface area contributed by atoms with Crippen LogP contribution < -0.4 is 4.74 Å². The first-order chi connectivity index (χ1) is 6.26. The Morgan fingerprint density at radius 1 is 1.38 bits per heavy atom. The zero-order chi connectivity index (χ0) is 9.68. The summed E-state index contributed by atoms with van der Waals surface area (Å²) in [5.74, 6) is 0.842. The minimum Gasteiger partial charge on any atom is -0.497 e. The Balaban J connectivity index is 2.65. The monoisotopic (exact) mass is 193 g/mol. The second-order valence-electron chi connectivity index (χ2n) is 2.56. The first kappa shape index (κ1) is 9.94. The molecule has 0 saturated heterocycles. The number of nitriles is 1. The number of rotatable bonds is 3. The minimum atomic E-state index is -0.00612. The molecule has 0 amide bonds. The van der Waals surface area contributed by atoms with Crippen LogP contribution in [0.3, 0.4) is 0 Å². The highest BCUT2D eigenvalue weighted by atomic mass is 32.2. The van der Waals surface area contributed by atoms with Crippen molar-refractivity contribution in [2.45, 2.75) is 17.1 Å². The second-order valence-corrected chi connectivity index (χ2v) is 3.98. The topological polar surface area (TPSA) is 33.0 Å². The van der Waals surface area contributed by atoms with Gasteiger partial charge in [-0.15, -0.1) is 11.8 Å². The molecular weight excluding hydrogens is 182 g/mol. The molecule has 68 valence electrons. The maximum absolute atomic E-state index is 8.60. The van der Waals surface area contributed by atoms with Crippen molar-refractivity contribution in [3.05, 3.63) is 24.3 Å². The molecule has 1 rings (SSSR count). The molecule has 0 spiro atoms. The van der Waals surface area contributed by atoms with E-state index in [1.54, 1.807) is 18.9 Å². The molecule has 0 aliphatic rings. The molecule has 1 atom stereocenters. The number of ether oxygens (including phenoxy) is 1.